The highest BCUT2D eigenvalue weighted by Crippen LogP contribution is 2.18. The first kappa shape index (κ1) is 15.4. The topological polar surface area (TPSA) is 64.6 Å². The summed E-state index contributed by atoms with van der Waals surface area (Å²) in [5.41, 5.74) is -0.641. The Kier molecular flexibility index (Phi) is 6.05. The smallest absolute Gasteiger partial charge is 0.234 e. The van der Waals surface area contributed by atoms with Crippen LogP contribution in [0.25, 0.3) is 0 Å². The third-order valence-electron chi connectivity index (χ3n) is 3.22. The minimum absolute atomic E-state index is 0.0312. The first-order chi connectivity index (χ1) is 8.41. The van der Waals surface area contributed by atoms with Crippen molar-refractivity contribution in [3.05, 3.63) is 0 Å². The molecule has 0 radical (unpaired) electrons. The molecular formula is C13H27N3O2. The monoisotopic (exact) mass is 257 g/mol. The predicted octanol–water partition coefficient (Wildman–Crippen LogP) is -0.195. The van der Waals surface area contributed by atoms with E-state index in [0.29, 0.717) is 25.6 Å². The van der Waals surface area contributed by atoms with E-state index in [1.807, 2.05) is 11.9 Å². The summed E-state index contributed by atoms with van der Waals surface area (Å²) in [7, 11) is 1.88. The molecule has 1 aliphatic rings. The van der Waals surface area contributed by atoms with Gasteiger partial charge in [0.15, 0.2) is 0 Å². The molecular weight excluding hydrogens is 230 g/mol. The van der Waals surface area contributed by atoms with Crippen molar-refractivity contribution < 1.29 is 9.90 Å². The van der Waals surface area contributed by atoms with Gasteiger partial charge in [0.2, 0.25) is 5.91 Å². The summed E-state index contributed by atoms with van der Waals surface area (Å²) in [6.45, 7) is 7.46. The molecule has 5 heteroatoms. The van der Waals surface area contributed by atoms with E-state index >= 15 is 0 Å². The zero-order chi connectivity index (χ0) is 13.6. The molecule has 0 aromatic carbocycles. The number of carbonyl (C=O) groups excluding carboxylic acids is 1. The van der Waals surface area contributed by atoms with Crippen LogP contribution in [0.4, 0.5) is 0 Å². The quantitative estimate of drug-likeness (QED) is 0.617. The highest BCUT2D eigenvalue weighted by atomic mass is 16.3. The van der Waals surface area contributed by atoms with Crippen molar-refractivity contribution in [1.29, 1.82) is 0 Å². The molecule has 1 rings (SSSR count). The Morgan fingerprint density at radius 3 is 2.61 bits per heavy atom. The zero-order valence-electron chi connectivity index (χ0n) is 11.8. The number of nitrogens with one attached hydrogen (secondary N) is 2. The van der Waals surface area contributed by atoms with Crippen LogP contribution in [0.2, 0.25) is 0 Å². The van der Waals surface area contributed by atoms with Gasteiger partial charge in [-0.05, 0) is 38.9 Å². The number of carbonyl (C=O) groups is 1. The van der Waals surface area contributed by atoms with Crippen LogP contribution < -0.4 is 10.6 Å². The van der Waals surface area contributed by atoms with E-state index in [0.717, 1.165) is 25.9 Å². The van der Waals surface area contributed by atoms with Gasteiger partial charge in [0, 0.05) is 13.1 Å². The van der Waals surface area contributed by atoms with Crippen molar-refractivity contribution >= 4 is 5.91 Å². The molecule has 1 saturated heterocycles. The predicted molar refractivity (Wildman–Crippen MR) is 72.4 cm³/mol. The number of nitrogens with zero attached hydrogens (tertiary/aromatic N) is 1. The second-order valence-corrected chi connectivity index (χ2v) is 5.84. The molecule has 3 N–H and O–H groups in total. The average molecular weight is 257 g/mol. The van der Waals surface area contributed by atoms with Gasteiger partial charge in [-0.3, -0.25) is 9.69 Å². The number of rotatable bonds is 6. The summed E-state index contributed by atoms with van der Waals surface area (Å²) < 4.78 is 0. The van der Waals surface area contributed by atoms with Crippen LogP contribution >= 0.6 is 0 Å². The van der Waals surface area contributed by atoms with Crippen LogP contribution in [-0.2, 0) is 4.79 Å². The molecule has 0 atom stereocenters. The molecule has 0 aromatic rings. The number of piperidine rings is 1. The second-order valence-electron chi connectivity index (χ2n) is 5.84. The van der Waals surface area contributed by atoms with Gasteiger partial charge in [-0.25, -0.2) is 0 Å². The van der Waals surface area contributed by atoms with Gasteiger partial charge in [0.05, 0.1) is 12.1 Å². The molecule has 1 amide bonds. The first-order valence-corrected chi connectivity index (χ1v) is 6.80. The standard InChI is InChI=1S/C13H27N3O2/c1-11(2)8-15-12(17)9-16(3)10-13(18)4-6-14-7-5-13/h11,14,18H,4-10H2,1-3H3,(H,15,17). The zero-order valence-corrected chi connectivity index (χ0v) is 11.8. The number of aliphatic hydroxyl groups is 1. The minimum Gasteiger partial charge on any atom is -0.388 e. The Hall–Kier alpha value is -0.650. The normalized spacial score (nSPS) is 19.2. The van der Waals surface area contributed by atoms with Gasteiger partial charge < -0.3 is 15.7 Å². The van der Waals surface area contributed by atoms with Gasteiger partial charge >= 0.3 is 0 Å². The van der Waals surface area contributed by atoms with Gasteiger partial charge in [-0.2, -0.15) is 0 Å². The largest absolute Gasteiger partial charge is 0.388 e. The summed E-state index contributed by atoms with van der Waals surface area (Å²) in [5, 5.41) is 16.5. The van der Waals surface area contributed by atoms with E-state index in [-0.39, 0.29) is 5.91 Å². The van der Waals surface area contributed by atoms with Crippen molar-refractivity contribution in [3.63, 3.8) is 0 Å². The summed E-state index contributed by atoms with van der Waals surface area (Å²) in [6, 6.07) is 0. The van der Waals surface area contributed by atoms with Gasteiger partial charge in [0.25, 0.3) is 0 Å². The molecule has 1 fully saturated rings. The van der Waals surface area contributed by atoms with E-state index < -0.39 is 5.60 Å². The Balaban J connectivity index is 2.27. The fourth-order valence-corrected chi connectivity index (χ4v) is 2.23. The summed E-state index contributed by atoms with van der Waals surface area (Å²) in [6.07, 6.45) is 1.51. The molecule has 0 saturated carbocycles. The summed E-state index contributed by atoms with van der Waals surface area (Å²) >= 11 is 0. The second kappa shape index (κ2) is 7.07. The van der Waals surface area contributed by atoms with Crippen LogP contribution in [-0.4, -0.2) is 61.3 Å². The van der Waals surface area contributed by atoms with Crippen LogP contribution in [0.3, 0.4) is 0 Å². The molecule has 5 nitrogen and oxygen atoms in total. The maximum atomic E-state index is 11.7. The molecule has 1 heterocycles. The van der Waals surface area contributed by atoms with Crippen molar-refractivity contribution in [2.45, 2.75) is 32.3 Å². The van der Waals surface area contributed by atoms with Crippen molar-refractivity contribution in [2.75, 3.05) is 39.8 Å². The molecule has 106 valence electrons. The Morgan fingerprint density at radius 2 is 2.06 bits per heavy atom. The number of likely N-dealkylation sites (N-methyl/N-ethyl adjacent to an activating group) is 1. The number of hydrogen-bond donors (Lipinski definition) is 3. The van der Waals surface area contributed by atoms with Gasteiger partial charge in [-0.1, -0.05) is 13.8 Å². The Morgan fingerprint density at radius 1 is 1.44 bits per heavy atom. The summed E-state index contributed by atoms with van der Waals surface area (Å²) in [4.78, 5) is 13.6. The molecule has 0 spiro atoms. The maximum Gasteiger partial charge on any atom is 0.234 e. The maximum absolute atomic E-state index is 11.7. The molecule has 1 aliphatic heterocycles. The Bertz CT molecular complexity index is 263. The highest BCUT2D eigenvalue weighted by Gasteiger charge is 2.30. The van der Waals surface area contributed by atoms with Crippen LogP contribution in [0.15, 0.2) is 0 Å². The van der Waals surface area contributed by atoms with Gasteiger partial charge in [0.1, 0.15) is 0 Å². The number of hydrogen-bond acceptors (Lipinski definition) is 4. The Labute approximate surface area is 110 Å². The lowest BCUT2D eigenvalue weighted by Crippen LogP contribution is -2.50. The van der Waals surface area contributed by atoms with E-state index in [2.05, 4.69) is 24.5 Å². The third-order valence-corrected chi connectivity index (χ3v) is 3.22. The summed E-state index contributed by atoms with van der Waals surface area (Å²) in [5.74, 6) is 0.497. The lowest BCUT2D eigenvalue weighted by molar-refractivity contribution is -0.123. The molecule has 0 unspecified atom stereocenters. The van der Waals surface area contributed by atoms with Crippen molar-refractivity contribution in [2.24, 2.45) is 5.92 Å². The minimum atomic E-state index is -0.641. The van der Waals surface area contributed by atoms with Gasteiger partial charge in [-0.15, -0.1) is 0 Å². The average Bonchev–Trinajstić information content (AvgIpc) is 2.26. The van der Waals surface area contributed by atoms with Crippen molar-refractivity contribution in [3.8, 4) is 0 Å². The van der Waals surface area contributed by atoms with E-state index in [1.54, 1.807) is 0 Å². The number of amides is 1. The molecule has 0 aromatic heterocycles. The van der Waals surface area contributed by atoms with E-state index in [9.17, 15) is 9.90 Å². The lowest BCUT2D eigenvalue weighted by atomic mass is 9.92. The van der Waals surface area contributed by atoms with Crippen LogP contribution in [0.5, 0.6) is 0 Å². The SMILES string of the molecule is CC(C)CNC(=O)CN(C)CC1(O)CCNCC1. The fourth-order valence-electron chi connectivity index (χ4n) is 2.23. The van der Waals surface area contributed by atoms with Crippen LogP contribution in [0.1, 0.15) is 26.7 Å². The van der Waals surface area contributed by atoms with E-state index in [4.69, 9.17) is 0 Å². The van der Waals surface area contributed by atoms with Crippen LogP contribution in [0, 0.1) is 5.92 Å². The molecule has 0 bridgehead atoms. The lowest BCUT2D eigenvalue weighted by Gasteiger charge is -2.35. The van der Waals surface area contributed by atoms with E-state index in [1.165, 1.54) is 0 Å². The highest BCUT2D eigenvalue weighted by molar-refractivity contribution is 5.77. The molecule has 0 aliphatic carbocycles. The molecule has 18 heavy (non-hydrogen) atoms. The third kappa shape index (κ3) is 5.80. The first-order valence-electron chi connectivity index (χ1n) is 6.80. The van der Waals surface area contributed by atoms with Crippen molar-refractivity contribution in [1.82, 2.24) is 15.5 Å². The fraction of sp³-hybridized carbons (Fsp3) is 0.923.